The van der Waals surface area contributed by atoms with E-state index in [1.165, 1.54) is 59.4 Å². The second-order valence-corrected chi connectivity index (χ2v) is 7.48. The summed E-state index contributed by atoms with van der Waals surface area (Å²) in [4.78, 5) is 30.5. The lowest BCUT2D eigenvalue weighted by Crippen LogP contribution is -2.22. The lowest BCUT2D eigenvalue weighted by molar-refractivity contribution is -0.104. The highest BCUT2D eigenvalue weighted by Crippen LogP contribution is 2.30. The lowest BCUT2D eigenvalue weighted by atomic mass is 10.1. The molecule has 0 bridgehead atoms. The maximum absolute atomic E-state index is 13.5. The first-order chi connectivity index (χ1) is 14.8. The van der Waals surface area contributed by atoms with Gasteiger partial charge in [-0.1, -0.05) is 11.3 Å². The summed E-state index contributed by atoms with van der Waals surface area (Å²) >= 11 is 1.25. The first kappa shape index (κ1) is 22.2. The number of alkyl halides is 2. The smallest absolute Gasteiger partial charge is 0.387 e. The fraction of sp³-hybridized carbons (Fsp3) is 0.190. The number of carbonyl (C=O) groups excluding carboxylic acids is 1. The number of rotatable bonds is 8. The van der Waals surface area contributed by atoms with Crippen LogP contribution in [0.3, 0.4) is 0 Å². The molecule has 0 atom stereocenters. The summed E-state index contributed by atoms with van der Waals surface area (Å²) in [5.41, 5.74) is 1.23. The Kier molecular flexibility index (Phi) is 6.81. The standard InChI is InChI=1S/C21H19F2N3O4S/c1-25(2)12-13(5-4-10-27)16-11-17-18(24-21(29-3)31-17)26(19(16)28)14-6-8-15(9-7-14)30-20(22)23/h4-12,20H,1-3H3/b5-4-,13-12+. The molecule has 0 saturated carbocycles. The fourth-order valence-corrected chi connectivity index (χ4v) is 3.71. The molecule has 31 heavy (non-hydrogen) atoms. The molecule has 3 rings (SSSR count). The lowest BCUT2D eigenvalue weighted by Gasteiger charge is -2.13. The number of methoxy groups -OCH3 is 1. The Morgan fingerprint density at radius 1 is 1.26 bits per heavy atom. The van der Waals surface area contributed by atoms with E-state index < -0.39 is 12.2 Å². The highest BCUT2D eigenvalue weighted by Gasteiger charge is 2.18. The van der Waals surface area contributed by atoms with E-state index in [4.69, 9.17) is 4.74 Å². The van der Waals surface area contributed by atoms with Crippen LogP contribution >= 0.6 is 11.3 Å². The van der Waals surface area contributed by atoms with Crippen LogP contribution in [0.2, 0.25) is 0 Å². The molecule has 0 aliphatic carbocycles. The van der Waals surface area contributed by atoms with Crippen LogP contribution in [0.15, 0.2) is 53.5 Å². The molecule has 1 aromatic carbocycles. The molecule has 0 saturated heterocycles. The number of carbonyl (C=O) groups is 1. The first-order valence-electron chi connectivity index (χ1n) is 9.00. The molecule has 0 N–H and O–H groups in total. The van der Waals surface area contributed by atoms with Gasteiger partial charge < -0.3 is 14.4 Å². The summed E-state index contributed by atoms with van der Waals surface area (Å²) in [6.07, 6.45) is 5.17. The normalized spacial score (nSPS) is 12.0. The van der Waals surface area contributed by atoms with Crippen LogP contribution < -0.4 is 15.0 Å². The number of ether oxygens (including phenoxy) is 2. The summed E-state index contributed by atoms with van der Waals surface area (Å²) in [5, 5.41) is 0.361. The number of thiazole rings is 1. The number of aldehydes is 1. The van der Waals surface area contributed by atoms with Gasteiger partial charge in [0, 0.05) is 25.9 Å². The van der Waals surface area contributed by atoms with Gasteiger partial charge in [-0.2, -0.15) is 13.8 Å². The zero-order valence-electron chi connectivity index (χ0n) is 16.9. The fourth-order valence-electron chi connectivity index (χ4n) is 2.90. The number of nitrogens with zero attached hydrogens (tertiary/aromatic N) is 3. The quantitative estimate of drug-likeness (QED) is 0.298. The average Bonchev–Trinajstić information content (AvgIpc) is 3.14. The number of benzene rings is 1. The van der Waals surface area contributed by atoms with E-state index in [1.807, 2.05) is 0 Å². The van der Waals surface area contributed by atoms with Gasteiger partial charge >= 0.3 is 6.61 Å². The molecule has 0 radical (unpaired) electrons. The van der Waals surface area contributed by atoms with E-state index in [-0.39, 0.29) is 5.75 Å². The molecule has 0 aliphatic rings. The van der Waals surface area contributed by atoms with Gasteiger partial charge in [0.2, 0.25) is 0 Å². The third kappa shape index (κ3) is 4.97. The summed E-state index contributed by atoms with van der Waals surface area (Å²) in [6, 6.07) is 7.36. The number of pyridine rings is 1. The number of hydrogen-bond donors (Lipinski definition) is 0. The predicted molar refractivity (Wildman–Crippen MR) is 115 cm³/mol. The summed E-state index contributed by atoms with van der Waals surface area (Å²) in [5.74, 6) is -0.0304. The Morgan fingerprint density at radius 2 is 1.97 bits per heavy atom. The number of fused-ring (bicyclic) bond motifs is 1. The molecule has 0 amide bonds. The Balaban J connectivity index is 2.27. The van der Waals surface area contributed by atoms with Crippen molar-refractivity contribution in [2.45, 2.75) is 6.61 Å². The number of aromatic nitrogens is 2. The Bertz CT molecular complexity index is 1200. The number of hydrogen-bond acceptors (Lipinski definition) is 7. The van der Waals surface area contributed by atoms with Crippen LogP contribution in [-0.4, -0.2) is 48.6 Å². The zero-order chi connectivity index (χ0) is 22.5. The number of halogens is 2. The van der Waals surface area contributed by atoms with Crippen molar-refractivity contribution in [3.05, 3.63) is 64.6 Å². The Hall–Kier alpha value is -3.53. The molecule has 162 valence electrons. The zero-order valence-corrected chi connectivity index (χ0v) is 17.7. The third-order valence-corrected chi connectivity index (χ3v) is 5.05. The van der Waals surface area contributed by atoms with Crippen LogP contribution in [0.5, 0.6) is 10.9 Å². The summed E-state index contributed by atoms with van der Waals surface area (Å²) in [6.45, 7) is -2.95. The summed E-state index contributed by atoms with van der Waals surface area (Å²) < 4.78 is 36.6. The van der Waals surface area contributed by atoms with Gasteiger partial charge in [-0.05, 0) is 42.5 Å². The van der Waals surface area contributed by atoms with Crippen LogP contribution in [0.1, 0.15) is 5.56 Å². The van der Waals surface area contributed by atoms with E-state index >= 15 is 0 Å². The van der Waals surface area contributed by atoms with Crippen molar-refractivity contribution in [2.24, 2.45) is 0 Å². The minimum atomic E-state index is -2.95. The van der Waals surface area contributed by atoms with Gasteiger partial charge in [0.05, 0.1) is 23.1 Å². The average molecular weight is 447 g/mol. The topological polar surface area (TPSA) is 73.7 Å². The van der Waals surface area contributed by atoms with Gasteiger partial charge in [0.15, 0.2) is 5.65 Å². The Labute approximate surface area is 180 Å². The van der Waals surface area contributed by atoms with Crippen LogP contribution in [0.25, 0.3) is 21.6 Å². The maximum atomic E-state index is 13.5. The molecule has 10 heteroatoms. The largest absolute Gasteiger partial charge is 0.473 e. The molecule has 2 aromatic heterocycles. The molecular formula is C21H19F2N3O4S. The summed E-state index contributed by atoms with van der Waals surface area (Å²) in [7, 11) is 5.06. The van der Waals surface area contributed by atoms with E-state index in [0.717, 1.165) is 0 Å². The van der Waals surface area contributed by atoms with Crippen LogP contribution in [0.4, 0.5) is 8.78 Å². The minimum Gasteiger partial charge on any atom is -0.473 e. The second kappa shape index (κ2) is 9.52. The minimum absolute atomic E-state index is 0.0304. The van der Waals surface area contributed by atoms with Crippen molar-refractivity contribution in [2.75, 3.05) is 21.2 Å². The third-order valence-electron chi connectivity index (χ3n) is 4.09. The highest BCUT2D eigenvalue weighted by atomic mass is 32.1. The molecule has 0 unspecified atom stereocenters. The van der Waals surface area contributed by atoms with Gasteiger partial charge in [0.25, 0.3) is 10.8 Å². The molecular weight excluding hydrogens is 428 g/mol. The monoisotopic (exact) mass is 447 g/mol. The van der Waals surface area contributed by atoms with E-state index in [9.17, 15) is 18.4 Å². The molecule has 2 heterocycles. The first-order valence-corrected chi connectivity index (χ1v) is 9.82. The molecule has 0 spiro atoms. The van der Waals surface area contributed by atoms with Crippen LogP contribution in [-0.2, 0) is 4.79 Å². The van der Waals surface area contributed by atoms with Crippen molar-refractivity contribution in [3.63, 3.8) is 0 Å². The van der Waals surface area contributed by atoms with Crippen molar-refractivity contribution < 1.29 is 23.0 Å². The van der Waals surface area contributed by atoms with Gasteiger partial charge in [-0.15, -0.1) is 0 Å². The van der Waals surface area contributed by atoms with Gasteiger partial charge in [0.1, 0.15) is 12.0 Å². The number of allylic oxidation sites excluding steroid dienone is 3. The van der Waals surface area contributed by atoms with Crippen molar-refractivity contribution in [1.82, 2.24) is 14.5 Å². The van der Waals surface area contributed by atoms with Crippen LogP contribution in [0, 0.1) is 0 Å². The van der Waals surface area contributed by atoms with E-state index in [0.29, 0.717) is 38.7 Å². The predicted octanol–water partition coefficient (Wildman–Crippen LogP) is 3.71. The molecule has 7 nitrogen and oxygen atoms in total. The highest BCUT2D eigenvalue weighted by molar-refractivity contribution is 7.20. The SMILES string of the molecule is COc1nc2c(cc(C(/C=C\C=O)=C/N(C)C)c(=O)n2-c2ccc(OC(F)F)cc2)s1. The molecule has 3 aromatic rings. The molecule has 0 aliphatic heterocycles. The van der Waals surface area contributed by atoms with Gasteiger partial charge in [-0.3, -0.25) is 14.2 Å². The van der Waals surface area contributed by atoms with Gasteiger partial charge in [-0.25, -0.2) is 0 Å². The second-order valence-electron chi connectivity index (χ2n) is 6.49. The van der Waals surface area contributed by atoms with Crippen molar-refractivity contribution in [3.8, 4) is 16.6 Å². The maximum Gasteiger partial charge on any atom is 0.387 e. The molecule has 0 fully saturated rings. The van der Waals surface area contributed by atoms with E-state index in [1.54, 1.807) is 31.3 Å². The van der Waals surface area contributed by atoms with Crippen molar-refractivity contribution in [1.29, 1.82) is 0 Å². The van der Waals surface area contributed by atoms with E-state index in [2.05, 4.69) is 9.72 Å². The Morgan fingerprint density at radius 3 is 2.55 bits per heavy atom. The van der Waals surface area contributed by atoms with Crippen molar-refractivity contribution >= 4 is 33.5 Å².